The average Bonchev–Trinajstić information content (AvgIpc) is 2.74. The lowest BCUT2D eigenvalue weighted by atomic mass is 10.1. The number of hydrogen-bond donors (Lipinski definition) is 1. The normalized spacial score (nSPS) is 13.5. The Labute approximate surface area is 145 Å². The number of fused-ring (bicyclic) bond motifs is 1. The number of carbonyl (C=O) groups excluding carboxylic acids is 3. The van der Waals surface area contributed by atoms with Crippen LogP contribution in [0.1, 0.15) is 34.1 Å². The summed E-state index contributed by atoms with van der Waals surface area (Å²) >= 11 is 0. The Kier molecular flexibility index (Phi) is 4.52. The van der Waals surface area contributed by atoms with E-state index in [2.05, 4.69) is 5.32 Å². The van der Waals surface area contributed by atoms with Gasteiger partial charge in [-0.1, -0.05) is 12.1 Å². The molecule has 0 bridgehead atoms. The van der Waals surface area contributed by atoms with E-state index in [1.807, 2.05) is 0 Å². The molecule has 0 spiro atoms. The average molecular weight is 338 g/mol. The van der Waals surface area contributed by atoms with E-state index in [-0.39, 0.29) is 17.6 Å². The molecule has 0 saturated heterocycles. The summed E-state index contributed by atoms with van der Waals surface area (Å²) in [5.74, 6) is 0.112. The number of nitrogens with zero attached hydrogens (tertiary/aromatic N) is 1. The zero-order chi connectivity index (χ0) is 18.0. The summed E-state index contributed by atoms with van der Waals surface area (Å²) < 4.78 is 5.55. The topological polar surface area (TPSA) is 75.7 Å². The fraction of sp³-hybridized carbons (Fsp3) is 0.211. The van der Waals surface area contributed by atoms with Crippen LogP contribution < -0.4 is 15.0 Å². The SMILES string of the molecule is CC(=O)c1cccc(NC(=O)c2ccc3c(c2)N(C)C(=O)CCO3)c1. The van der Waals surface area contributed by atoms with Crippen molar-refractivity contribution in [2.75, 3.05) is 23.9 Å². The Bertz CT molecular complexity index is 860. The lowest BCUT2D eigenvalue weighted by molar-refractivity contribution is -0.118. The van der Waals surface area contributed by atoms with Crippen LogP contribution in [0.3, 0.4) is 0 Å². The summed E-state index contributed by atoms with van der Waals surface area (Å²) in [4.78, 5) is 37.4. The highest BCUT2D eigenvalue weighted by Crippen LogP contribution is 2.31. The van der Waals surface area contributed by atoms with Gasteiger partial charge in [0.2, 0.25) is 5.91 Å². The third-order valence-electron chi connectivity index (χ3n) is 4.06. The quantitative estimate of drug-likeness (QED) is 0.873. The maximum atomic E-state index is 12.5. The molecule has 0 saturated carbocycles. The molecule has 1 aliphatic rings. The summed E-state index contributed by atoms with van der Waals surface area (Å²) in [6, 6.07) is 11.7. The van der Waals surface area contributed by atoms with Crippen molar-refractivity contribution < 1.29 is 19.1 Å². The molecule has 0 radical (unpaired) electrons. The van der Waals surface area contributed by atoms with Gasteiger partial charge in [0.1, 0.15) is 5.75 Å². The van der Waals surface area contributed by atoms with Crippen LogP contribution in [0.4, 0.5) is 11.4 Å². The minimum Gasteiger partial charge on any atom is -0.491 e. The number of ketones is 1. The Morgan fingerprint density at radius 2 is 1.92 bits per heavy atom. The number of anilines is 2. The molecule has 0 atom stereocenters. The third kappa shape index (κ3) is 3.52. The second-order valence-corrected chi connectivity index (χ2v) is 5.82. The van der Waals surface area contributed by atoms with Gasteiger partial charge in [-0.3, -0.25) is 14.4 Å². The lowest BCUT2D eigenvalue weighted by Gasteiger charge is -2.17. The largest absolute Gasteiger partial charge is 0.491 e. The molecule has 0 fully saturated rings. The molecule has 1 N–H and O–H groups in total. The molecule has 25 heavy (non-hydrogen) atoms. The summed E-state index contributed by atoms with van der Waals surface area (Å²) in [6.45, 7) is 1.79. The molecule has 6 heteroatoms. The van der Waals surface area contributed by atoms with E-state index in [1.54, 1.807) is 49.5 Å². The number of benzene rings is 2. The van der Waals surface area contributed by atoms with Crippen LogP contribution in [0.5, 0.6) is 5.75 Å². The van der Waals surface area contributed by atoms with Crippen LogP contribution in [-0.2, 0) is 4.79 Å². The number of amides is 2. The Hall–Kier alpha value is -3.15. The van der Waals surface area contributed by atoms with Gasteiger partial charge in [-0.05, 0) is 37.3 Å². The first-order chi connectivity index (χ1) is 12.0. The second-order valence-electron chi connectivity index (χ2n) is 5.82. The van der Waals surface area contributed by atoms with Crippen molar-refractivity contribution in [1.29, 1.82) is 0 Å². The predicted molar refractivity (Wildman–Crippen MR) is 94.4 cm³/mol. The lowest BCUT2D eigenvalue weighted by Crippen LogP contribution is -2.25. The van der Waals surface area contributed by atoms with Gasteiger partial charge < -0.3 is 15.0 Å². The van der Waals surface area contributed by atoms with Crippen molar-refractivity contribution in [2.24, 2.45) is 0 Å². The molecule has 128 valence electrons. The number of ether oxygens (including phenoxy) is 1. The zero-order valence-corrected chi connectivity index (χ0v) is 14.0. The summed E-state index contributed by atoms with van der Waals surface area (Å²) in [5, 5.41) is 2.77. The fourth-order valence-corrected chi connectivity index (χ4v) is 2.61. The second kappa shape index (κ2) is 6.76. The van der Waals surface area contributed by atoms with Gasteiger partial charge in [0.15, 0.2) is 5.78 Å². The third-order valence-corrected chi connectivity index (χ3v) is 4.06. The zero-order valence-electron chi connectivity index (χ0n) is 14.0. The van der Waals surface area contributed by atoms with E-state index in [4.69, 9.17) is 4.74 Å². The van der Waals surface area contributed by atoms with Crippen molar-refractivity contribution >= 4 is 29.0 Å². The molecule has 0 unspecified atom stereocenters. The van der Waals surface area contributed by atoms with Gasteiger partial charge in [-0.25, -0.2) is 0 Å². The Balaban J connectivity index is 1.86. The fourth-order valence-electron chi connectivity index (χ4n) is 2.61. The summed E-state index contributed by atoms with van der Waals surface area (Å²) in [6.07, 6.45) is 0.296. The Morgan fingerprint density at radius 1 is 1.12 bits per heavy atom. The van der Waals surface area contributed by atoms with Gasteiger partial charge in [0.25, 0.3) is 5.91 Å². The van der Waals surface area contributed by atoms with Gasteiger partial charge in [0, 0.05) is 23.9 Å². The minimum atomic E-state index is -0.325. The molecule has 6 nitrogen and oxygen atoms in total. The first-order valence-electron chi connectivity index (χ1n) is 7.91. The van der Waals surface area contributed by atoms with E-state index in [9.17, 15) is 14.4 Å². The molecule has 3 rings (SSSR count). The van der Waals surface area contributed by atoms with Crippen LogP contribution in [0.2, 0.25) is 0 Å². The van der Waals surface area contributed by atoms with E-state index in [1.165, 1.54) is 11.8 Å². The van der Waals surface area contributed by atoms with E-state index >= 15 is 0 Å². The first kappa shape index (κ1) is 16.7. The maximum Gasteiger partial charge on any atom is 0.255 e. The van der Waals surface area contributed by atoms with E-state index < -0.39 is 0 Å². The van der Waals surface area contributed by atoms with E-state index in [0.29, 0.717) is 41.3 Å². The monoisotopic (exact) mass is 338 g/mol. The highest BCUT2D eigenvalue weighted by atomic mass is 16.5. The van der Waals surface area contributed by atoms with Crippen LogP contribution in [0, 0.1) is 0 Å². The van der Waals surface area contributed by atoms with Crippen LogP contribution in [0.15, 0.2) is 42.5 Å². The Morgan fingerprint density at radius 3 is 2.68 bits per heavy atom. The molecule has 0 aliphatic carbocycles. The molecule has 2 aromatic rings. The molecular formula is C19H18N2O4. The number of carbonyl (C=O) groups is 3. The molecular weight excluding hydrogens is 320 g/mol. The van der Waals surface area contributed by atoms with Crippen LogP contribution >= 0.6 is 0 Å². The number of nitrogens with one attached hydrogen (secondary N) is 1. The summed E-state index contributed by atoms with van der Waals surface area (Å²) in [7, 11) is 1.66. The smallest absolute Gasteiger partial charge is 0.255 e. The summed E-state index contributed by atoms with van der Waals surface area (Å²) in [5.41, 5.74) is 2.02. The van der Waals surface area contributed by atoms with Gasteiger partial charge in [-0.15, -0.1) is 0 Å². The highest BCUT2D eigenvalue weighted by molar-refractivity contribution is 6.06. The van der Waals surface area contributed by atoms with Gasteiger partial charge in [0.05, 0.1) is 18.7 Å². The maximum absolute atomic E-state index is 12.5. The molecule has 1 heterocycles. The minimum absolute atomic E-state index is 0.0644. The molecule has 2 aromatic carbocycles. The van der Waals surface area contributed by atoms with Gasteiger partial charge >= 0.3 is 0 Å². The van der Waals surface area contributed by atoms with Crippen molar-refractivity contribution in [3.8, 4) is 5.75 Å². The van der Waals surface area contributed by atoms with E-state index in [0.717, 1.165) is 0 Å². The number of rotatable bonds is 3. The number of Topliss-reactive ketones (excluding diaryl/α,β-unsaturated/α-hetero) is 1. The highest BCUT2D eigenvalue weighted by Gasteiger charge is 2.21. The predicted octanol–water partition coefficient (Wildman–Crippen LogP) is 2.89. The van der Waals surface area contributed by atoms with Crippen molar-refractivity contribution in [3.63, 3.8) is 0 Å². The van der Waals surface area contributed by atoms with Crippen molar-refractivity contribution in [3.05, 3.63) is 53.6 Å². The molecule has 1 aliphatic heterocycles. The van der Waals surface area contributed by atoms with Crippen LogP contribution in [-0.4, -0.2) is 31.3 Å². The molecule has 0 aromatic heterocycles. The number of hydrogen-bond acceptors (Lipinski definition) is 4. The first-order valence-corrected chi connectivity index (χ1v) is 7.91. The van der Waals surface area contributed by atoms with Crippen molar-refractivity contribution in [1.82, 2.24) is 0 Å². The van der Waals surface area contributed by atoms with Crippen molar-refractivity contribution in [2.45, 2.75) is 13.3 Å². The van der Waals surface area contributed by atoms with Crippen LogP contribution in [0.25, 0.3) is 0 Å². The standard InChI is InChI=1S/C19H18N2O4/c1-12(22)13-4-3-5-15(10-13)20-19(24)14-6-7-17-16(11-14)21(2)18(23)8-9-25-17/h3-7,10-11H,8-9H2,1-2H3,(H,20,24). The van der Waals surface area contributed by atoms with Gasteiger partial charge in [-0.2, -0.15) is 0 Å². The molecule has 2 amide bonds.